The molecule has 0 bridgehead atoms. The molecule has 0 aliphatic heterocycles. The Morgan fingerprint density at radius 2 is 2.00 bits per heavy atom. The summed E-state index contributed by atoms with van der Waals surface area (Å²) in [5.74, 6) is -0.593. The number of nitrogens with one attached hydrogen (secondary N) is 2. The zero-order chi connectivity index (χ0) is 20.4. The number of carbonyl (C=O) groups excluding carboxylic acids is 2. The molecule has 27 heavy (non-hydrogen) atoms. The molecule has 0 aromatic heterocycles. The number of hydroxylamine groups is 1. The molecule has 0 fully saturated rings. The van der Waals surface area contributed by atoms with Crippen LogP contribution in [0, 0.1) is 0 Å². The molecule has 3 unspecified atom stereocenters. The van der Waals surface area contributed by atoms with E-state index in [2.05, 4.69) is 15.8 Å². The van der Waals surface area contributed by atoms with E-state index in [0.29, 0.717) is 5.57 Å². The molecule has 1 aliphatic rings. The second kappa shape index (κ2) is 11.6. The Balaban J connectivity index is 3.26. The number of aliphatic imine (C=N–C) groups is 1. The molecule has 154 valence electrons. The first-order valence-electron chi connectivity index (χ1n) is 9.28. The number of carbonyl (C=O) groups is 2. The highest BCUT2D eigenvalue weighted by Crippen LogP contribution is 2.27. The van der Waals surface area contributed by atoms with Crippen LogP contribution < -0.4 is 16.5 Å². The van der Waals surface area contributed by atoms with Crippen molar-refractivity contribution in [3.8, 4) is 0 Å². The van der Waals surface area contributed by atoms with Crippen molar-refractivity contribution in [3.05, 3.63) is 11.6 Å². The minimum atomic E-state index is -0.531. The van der Waals surface area contributed by atoms with E-state index >= 15 is 0 Å². The van der Waals surface area contributed by atoms with Gasteiger partial charge in [0.1, 0.15) is 0 Å². The van der Waals surface area contributed by atoms with Crippen molar-refractivity contribution in [2.45, 2.75) is 71.2 Å². The highest BCUT2D eigenvalue weighted by Gasteiger charge is 2.38. The lowest BCUT2D eigenvalue weighted by Crippen LogP contribution is -2.54. The third kappa shape index (κ3) is 7.18. The van der Waals surface area contributed by atoms with Gasteiger partial charge in [-0.3, -0.25) is 9.63 Å². The summed E-state index contributed by atoms with van der Waals surface area (Å²) < 4.78 is 11.3. The number of esters is 1. The third-order valence-corrected chi connectivity index (χ3v) is 4.24. The van der Waals surface area contributed by atoms with Crippen LogP contribution in [0.1, 0.15) is 47.0 Å². The van der Waals surface area contributed by atoms with Crippen LogP contribution in [0.25, 0.3) is 0 Å². The number of hydrogen-bond donors (Lipinski definition) is 3. The Morgan fingerprint density at radius 3 is 2.52 bits per heavy atom. The van der Waals surface area contributed by atoms with E-state index in [9.17, 15) is 9.59 Å². The maximum absolute atomic E-state index is 12.3. The van der Waals surface area contributed by atoms with Gasteiger partial charge in [-0.2, -0.15) is 0 Å². The summed E-state index contributed by atoms with van der Waals surface area (Å²) in [4.78, 5) is 33.2. The Bertz CT molecular complexity index is 560. The molecule has 3 atom stereocenters. The van der Waals surface area contributed by atoms with Crippen LogP contribution in [0.15, 0.2) is 16.6 Å². The molecule has 9 nitrogen and oxygen atoms in total. The molecule has 0 spiro atoms. The van der Waals surface area contributed by atoms with Crippen molar-refractivity contribution < 1.29 is 23.9 Å². The number of hydrogen-bond acceptors (Lipinski definition) is 6. The standard InChI is InChI=1S/C18H32N4O5/c1-6-13(7-2)27-15-10-12(17(24)26-8-3)9-14(16(15)20-11(4)23)21-18(19)22-25-5/h10,13-16H,6-9H2,1-5H3,(H,20,23)(H3,19,21,22). The molecule has 0 heterocycles. The molecule has 1 aliphatic carbocycles. The Hall–Kier alpha value is -2.13. The molecule has 0 radical (unpaired) electrons. The molecule has 1 rings (SSSR count). The van der Waals surface area contributed by atoms with Crippen molar-refractivity contribution in [1.29, 1.82) is 0 Å². The second-order valence-corrected chi connectivity index (χ2v) is 6.27. The van der Waals surface area contributed by atoms with E-state index in [1.807, 2.05) is 13.8 Å². The molecule has 4 N–H and O–H groups in total. The van der Waals surface area contributed by atoms with Gasteiger partial charge in [0, 0.05) is 18.9 Å². The summed E-state index contributed by atoms with van der Waals surface area (Å²) in [5, 5.41) is 2.88. The van der Waals surface area contributed by atoms with Crippen LogP contribution >= 0.6 is 0 Å². The second-order valence-electron chi connectivity index (χ2n) is 6.27. The molecule has 1 amide bonds. The lowest BCUT2D eigenvalue weighted by molar-refractivity contribution is -0.139. The zero-order valence-corrected chi connectivity index (χ0v) is 16.8. The number of rotatable bonds is 9. The fourth-order valence-electron chi connectivity index (χ4n) is 2.99. The first-order chi connectivity index (χ1) is 12.9. The van der Waals surface area contributed by atoms with Gasteiger partial charge in [0.2, 0.25) is 11.9 Å². The topological polar surface area (TPSA) is 124 Å². The monoisotopic (exact) mass is 384 g/mol. The van der Waals surface area contributed by atoms with Gasteiger partial charge in [-0.1, -0.05) is 13.8 Å². The Morgan fingerprint density at radius 1 is 1.33 bits per heavy atom. The fraction of sp³-hybridized carbons (Fsp3) is 0.722. The highest BCUT2D eigenvalue weighted by molar-refractivity contribution is 5.89. The van der Waals surface area contributed by atoms with Gasteiger partial charge in [0.25, 0.3) is 0 Å². The van der Waals surface area contributed by atoms with Gasteiger partial charge in [0.05, 0.1) is 38.0 Å². The summed E-state index contributed by atoms with van der Waals surface area (Å²) in [7, 11) is 1.41. The van der Waals surface area contributed by atoms with Crippen molar-refractivity contribution in [2.24, 2.45) is 10.7 Å². The van der Waals surface area contributed by atoms with Crippen molar-refractivity contribution >= 4 is 17.8 Å². The maximum atomic E-state index is 12.3. The largest absolute Gasteiger partial charge is 0.463 e. The number of ether oxygens (including phenoxy) is 2. The predicted molar refractivity (Wildman–Crippen MR) is 102 cm³/mol. The molecule has 0 aromatic carbocycles. The molecule has 0 saturated carbocycles. The fourth-order valence-corrected chi connectivity index (χ4v) is 2.99. The number of nitrogens with two attached hydrogens (primary N) is 1. The summed E-state index contributed by atoms with van der Waals surface area (Å²) in [5.41, 5.74) is 8.72. The van der Waals surface area contributed by atoms with Crippen molar-refractivity contribution in [3.63, 3.8) is 0 Å². The van der Waals surface area contributed by atoms with Crippen LogP contribution in [-0.2, 0) is 23.9 Å². The van der Waals surface area contributed by atoms with E-state index in [0.717, 1.165) is 12.8 Å². The van der Waals surface area contributed by atoms with E-state index in [-0.39, 0.29) is 31.0 Å². The molecule has 9 heteroatoms. The van der Waals surface area contributed by atoms with Gasteiger partial charge < -0.3 is 20.5 Å². The molecule has 0 aromatic rings. The average Bonchev–Trinajstić information content (AvgIpc) is 2.61. The van der Waals surface area contributed by atoms with Crippen LogP contribution in [-0.4, -0.2) is 55.8 Å². The van der Waals surface area contributed by atoms with Gasteiger partial charge in [0.15, 0.2) is 0 Å². The van der Waals surface area contributed by atoms with Gasteiger partial charge in [-0.05, 0) is 25.8 Å². The Kier molecular flexibility index (Phi) is 9.81. The molecular weight excluding hydrogens is 352 g/mol. The van der Waals surface area contributed by atoms with E-state index in [4.69, 9.17) is 20.0 Å². The Labute approximate surface area is 160 Å². The van der Waals surface area contributed by atoms with Gasteiger partial charge in [-0.25, -0.2) is 15.3 Å². The quantitative estimate of drug-likeness (QED) is 0.232. The first-order valence-corrected chi connectivity index (χ1v) is 9.28. The summed E-state index contributed by atoms with van der Waals surface area (Å²) in [6, 6.07) is -0.987. The zero-order valence-electron chi connectivity index (χ0n) is 16.8. The normalized spacial score (nSPS) is 23.0. The smallest absolute Gasteiger partial charge is 0.333 e. The minimum absolute atomic E-state index is 0.0110. The SMILES string of the molecule is CCOC(=O)C1=CC(OC(CC)CC)C(NC(C)=O)C(N=C(N)NOC)C1. The van der Waals surface area contributed by atoms with Gasteiger partial charge in [-0.15, -0.1) is 0 Å². The predicted octanol–water partition coefficient (Wildman–Crippen LogP) is 0.792. The summed E-state index contributed by atoms with van der Waals surface area (Å²) in [6.07, 6.45) is 3.06. The lowest BCUT2D eigenvalue weighted by Gasteiger charge is -2.36. The van der Waals surface area contributed by atoms with Crippen molar-refractivity contribution in [2.75, 3.05) is 13.7 Å². The van der Waals surface area contributed by atoms with E-state index < -0.39 is 24.2 Å². The van der Waals surface area contributed by atoms with Gasteiger partial charge >= 0.3 is 5.97 Å². The summed E-state index contributed by atoms with van der Waals surface area (Å²) >= 11 is 0. The number of nitrogens with zero attached hydrogens (tertiary/aromatic N) is 1. The van der Waals surface area contributed by atoms with Crippen LogP contribution in [0.4, 0.5) is 0 Å². The van der Waals surface area contributed by atoms with Crippen LogP contribution in [0.2, 0.25) is 0 Å². The third-order valence-electron chi connectivity index (χ3n) is 4.24. The van der Waals surface area contributed by atoms with Crippen LogP contribution in [0.3, 0.4) is 0 Å². The number of guanidine groups is 1. The van der Waals surface area contributed by atoms with Crippen LogP contribution in [0.5, 0.6) is 0 Å². The molecule has 0 saturated heterocycles. The first kappa shape index (κ1) is 22.9. The molecular formula is C18H32N4O5. The van der Waals surface area contributed by atoms with E-state index in [1.54, 1.807) is 13.0 Å². The average molecular weight is 384 g/mol. The summed E-state index contributed by atoms with van der Waals surface area (Å²) in [6.45, 7) is 7.49. The highest BCUT2D eigenvalue weighted by atomic mass is 16.6. The van der Waals surface area contributed by atoms with Crippen molar-refractivity contribution in [1.82, 2.24) is 10.8 Å². The minimum Gasteiger partial charge on any atom is -0.463 e. The number of amides is 1. The maximum Gasteiger partial charge on any atom is 0.333 e. The van der Waals surface area contributed by atoms with E-state index in [1.165, 1.54) is 14.0 Å². The lowest BCUT2D eigenvalue weighted by atomic mass is 9.88.